The molecule has 6 rings (SSSR count). The fourth-order valence-corrected chi connectivity index (χ4v) is 6.09. The van der Waals surface area contributed by atoms with E-state index in [1.54, 1.807) is 0 Å². The summed E-state index contributed by atoms with van der Waals surface area (Å²) in [5, 5.41) is 0. The van der Waals surface area contributed by atoms with Crippen LogP contribution in [-0.2, 0) is 19.3 Å². The van der Waals surface area contributed by atoms with Gasteiger partial charge >= 0.3 is 0 Å². The lowest BCUT2D eigenvalue weighted by Crippen LogP contribution is -2.41. The van der Waals surface area contributed by atoms with Gasteiger partial charge in [-0.25, -0.2) is 4.98 Å². The Morgan fingerprint density at radius 3 is 2.03 bits per heavy atom. The highest BCUT2D eigenvalue weighted by molar-refractivity contribution is 6.04. The second-order valence-corrected chi connectivity index (χ2v) is 13.6. The molecule has 1 aliphatic heterocycles. The molecule has 0 amide bonds. The largest absolute Gasteiger partial charge is 0.344 e. The molecule has 0 spiro atoms. The van der Waals surface area contributed by atoms with Gasteiger partial charge in [-0.3, -0.25) is 4.99 Å². The van der Waals surface area contributed by atoms with Crippen molar-refractivity contribution in [2.24, 2.45) is 27.3 Å². The summed E-state index contributed by atoms with van der Waals surface area (Å²) >= 11 is 0. The maximum Gasteiger partial charge on any atom is 0.124 e. The van der Waals surface area contributed by atoms with Crippen molar-refractivity contribution in [3.05, 3.63) is 70.3 Å². The summed E-state index contributed by atoms with van der Waals surface area (Å²) in [7, 11) is 0. The third kappa shape index (κ3) is 4.26. The zero-order chi connectivity index (χ0) is 27.0. The van der Waals surface area contributed by atoms with E-state index in [-0.39, 0.29) is 22.9 Å². The van der Waals surface area contributed by atoms with Crippen LogP contribution in [0.1, 0.15) is 88.6 Å². The number of H-pyrrole nitrogens is 1. The molecule has 0 fully saturated rings. The molecule has 5 nitrogen and oxygen atoms in total. The minimum absolute atomic E-state index is 0.0124. The van der Waals surface area contributed by atoms with Crippen molar-refractivity contribution in [2.45, 2.75) is 85.7 Å². The number of benzene rings is 2. The Hall–Kier alpha value is -3.02. The van der Waals surface area contributed by atoms with E-state index in [1.807, 2.05) is 0 Å². The number of aromatic nitrogens is 2. The van der Waals surface area contributed by atoms with Crippen LogP contribution < -0.4 is 11.5 Å². The average molecular weight is 508 g/mol. The molecule has 5 heteroatoms. The second kappa shape index (κ2) is 8.75. The van der Waals surface area contributed by atoms with Crippen molar-refractivity contribution in [1.82, 2.24) is 9.97 Å². The van der Waals surface area contributed by atoms with E-state index in [0.29, 0.717) is 0 Å². The lowest BCUT2D eigenvalue weighted by molar-refractivity contribution is 0.316. The molecule has 3 aliphatic rings. The number of aryl methyl sites for hydroxylation is 3. The van der Waals surface area contributed by atoms with Gasteiger partial charge in [0.1, 0.15) is 5.82 Å². The van der Waals surface area contributed by atoms with Crippen LogP contribution in [-0.4, -0.2) is 21.7 Å². The quantitative estimate of drug-likeness (QED) is 0.365. The maximum absolute atomic E-state index is 6.58. The van der Waals surface area contributed by atoms with E-state index < -0.39 is 0 Å². The van der Waals surface area contributed by atoms with Crippen LogP contribution in [0.3, 0.4) is 0 Å². The number of aliphatic imine (C=N–C) groups is 1. The molecule has 0 unspecified atom stereocenters. The van der Waals surface area contributed by atoms with Crippen LogP contribution in [0.15, 0.2) is 47.1 Å². The molecule has 2 heterocycles. The fraction of sp³-hybridized carbons (Fsp3) is 0.455. The number of nitrogens with two attached hydrogens (primary N) is 2. The Morgan fingerprint density at radius 1 is 0.763 bits per heavy atom. The first-order valence-corrected chi connectivity index (χ1v) is 14.1. The Bertz CT molecular complexity index is 1490. The highest BCUT2D eigenvalue weighted by Gasteiger charge is 2.33. The first kappa shape index (κ1) is 25.3. The van der Waals surface area contributed by atoms with Crippen molar-refractivity contribution in [2.75, 3.05) is 0 Å². The number of hydrogen-bond acceptors (Lipinski definition) is 4. The number of hydrogen-bond donors (Lipinski definition) is 3. The molecule has 0 saturated heterocycles. The molecule has 0 radical (unpaired) electrons. The van der Waals surface area contributed by atoms with Gasteiger partial charge < -0.3 is 16.5 Å². The third-order valence-corrected chi connectivity index (χ3v) is 8.70. The molecule has 2 aromatic carbocycles. The Balaban J connectivity index is 1.27. The van der Waals surface area contributed by atoms with Crippen LogP contribution in [0.4, 0.5) is 0 Å². The van der Waals surface area contributed by atoms with E-state index in [4.69, 9.17) is 21.4 Å². The van der Waals surface area contributed by atoms with Gasteiger partial charge in [0.15, 0.2) is 0 Å². The summed E-state index contributed by atoms with van der Waals surface area (Å²) in [6.45, 7) is 13.1. The number of nitrogens with one attached hydrogen (secondary N) is 1. The molecule has 5 N–H and O–H groups in total. The zero-order valence-corrected chi connectivity index (χ0v) is 23.7. The fourth-order valence-electron chi connectivity index (χ4n) is 6.09. The van der Waals surface area contributed by atoms with Crippen LogP contribution >= 0.6 is 0 Å². The lowest BCUT2D eigenvalue weighted by atomic mass is 9.81. The van der Waals surface area contributed by atoms with E-state index >= 15 is 0 Å². The van der Waals surface area contributed by atoms with E-state index in [1.165, 1.54) is 50.3 Å². The predicted octanol–water partition coefficient (Wildman–Crippen LogP) is 6.76. The number of aromatic amines is 1. The van der Waals surface area contributed by atoms with Gasteiger partial charge in [-0.15, -0.1) is 0 Å². The zero-order valence-electron chi connectivity index (χ0n) is 23.7. The van der Waals surface area contributed by atoms with Gasteiger partial charge in [0.25, 0.3) is 0 Å². The Labute approximate surface area is 226 Å². The van der Waals surface area contributed by atoms with Crippen molar-refractivity contribution >= 4 is 11.3 Å². The number of allylic oxidation sites excluding steroid dienone is 2. The van der Waals surface area contributed by atoms with Crippen molar-refractivity contribution in [3.63, 3.8) is 0 Å². The summed E-state index contributed by atoms with van der Waals surface area (Å²) in [4.78, 5) is 13.5. The first-order valence-electron chi connectivity index (χ1n) is 14.1. The van der Waals surface area contributed by atoms with Gasteiger partial charge in [0, 0.05) is 35.1 Å². The maximum atomic E-state index is 6.58. The standard InChI is InChI=1S/C33H41N5/c1-32(2,3)29(34)27-17-24-22-11-7-18(15-20(22)9-13-25(24)36-27)19-8-12-23-21(16-19)10-14-26-28(23)38-31(37-26)30(35)33(4,5)6/h7-8,11-12,15-16,29-30H,9-10,13-14,17,34-35H2,1-6H3,(H,37,38)/t29-,30-/m1/s1. The molecule has 0 saturated carbocycles. The minimum Gasteiger partial charge on any atom is -0.344 e. The van der Waals surface area contributed by atoms with Crippen LogP contribution in [0, 0.1) is 10.8 Å². The predicted molar refractivity (Wildman–Crippen MR) is 158 cm³/mol. The van der Waals surface area contributed by atoms with Crippen molar-refractivity contribution in [3.8, 4) is 22.4 Å². The molecule has 1 aromatic heterocycles. The van der Waals surface area contributed by atoms with Crippen molar-refractivity contribution in [1.29, 1.82) is 0 Å². The summed E-state index contributed by atoms with van der Waals surface area (Å²) in [6, 6.07) is 13.7. The summed E-state index contributed by atoms with van der Waals surface area (Å²) < 4.78 is 0. The average Bonchev–Trinajstić information content (AvgIpc) is 3.50. The summed E-state index contributed by atoms with van der Waals surface area (Å²) in [5.74, 6) is 0.894. The normalized spacial score (nSPS) is 18.4. The Morgan fingerprint density at radius 2 is 1.37 bits per heavy atom. The number of fused-ring (bicyclic) bond motifs is 5. The molecule has 198 valence electrons. The smallest absolute Gasteiger partial charge is 0.124 e. The second-order valence-electron chi connectivity index (χ2n) is 13.6. The summed E-state index contributed by atoms with van der Waals surface area (Å²) in [5.41, 5.74) is 27.1. The van der Waals surface area contributed by atoms with Crippen LogP contribution in [0.25, 0.3) is 28.0 Å². The molecule has 2 atom stereocenters. The molecule has 3 aromatic rings. The van der Waals surface area contributed by atoms with Crippen LogP contribution in [0.5, 0.6) is 0 Å². The van der Waals surface area contributed by atoms with Crippen molar-refractivity contribution < 1.29 is 0 Å². The topological polar surface area (TPSA) is 93.1 Å². The Kier molecular flexibility index (Phi) is 5.82. The van der Waals surface area contributed by atoms with Gasteiger partial charge in [-0.05, 0) is 69.9 Å². The number of nitrogens with zero attached hydrogens (tertiary/aromatic N) is 2. The van der Waals surface area contributed by atoms with Gasteiger partial charge in [-0.1, -0.05) is 77.9 Å². The molecular weight excluding hydrogens is 466 g/mol. The van der Waals surface area contributed by atoms with Gasteiger partial charge in [0.05, 0.1) is 11.7 Å². The number of imidazole rings is 1. The molecule has 0 bridgehead atoms. The highest BCUT2D eigenvalue weighted by Crippen LogP contribution is 2.42. The highest BCUT2D eigenvalue weighted by atomic mass is 15.0. The number of rotatable bonds is 3. The summed E-state index contributed by atoms with van der Waals surface area (Å²) in [6.07, 6.45) is 4.89. The van der Waals surface area contributed by atoms with Crippen LogP contribution in [0.2, 0.25) is 0 Å². The lowest BCUT2D eigenvalue weighted by Gasteiger charge is -2.27. The SMILES string of the molecule is CC(C)(C)[C@H](N)C1=NC2=C(C1)c1ccc(-c3ccc4c(c3)CCc3[nH]c([C@@H](N)C(C)(C)C)nc3-4)cc1CC2. The first-order chi connectivity index (χ1) is 17.9. The molecule has 38 heavy (non-hydrogen) atoms. The molecule has 2 aliphatic carbocycles. The minimum atomic E-state index is -0.118. The third-order valence-electron chi connectivity index (χ3n) is 8.70. The van der Waals surface area contributed by atoms with E-state index in [0.717, 1.165) is 49.3 Å². The van der Waals surface area contributed by atoms with E-state index in [9.17, 15) is 0 Å². The monoisotopic (exact) mass is 507 g/mol. The van der Waals surface area contributed by atoms with Gasteiger partial charge in [-0.2, -0.15) is 0 Å². The van der Waals surface area contributed by atoms with E-state index in [2.05, 4.69) is 82.9 Å². The molecular formula is C33H41N5. The van der Waals surface area contributed by atoms with Gasteiger partial charge in [0.2, 0.25) is 0 Å².